The van der Waals surface area contributed by atoms with E-state index in [4.69, 9.17) is 10.5 Å². The van der Waals surface area contributed by atoms with Gasteiger partial charge in [-0.25, -0.2) is 9.97 Å². The second-order valence-corrected chi connectivity index (χ2v) is 5.00. The molecule has 0 spiro atoms. The maximum Gasteiger partial charge on any atom is 0.202 e. The van der Waals surface area contributed by atoms with Crippen molar-refractivity contribution < 1.29 is 4.74 Å². The van der Waals surface area contributed by atoms with Crippen LogP contribution in [0.25, 0.3) is 11.2 Å². The Morgan fingerprint density at radius 3 is 3.00 bits per heavy atom. The van der Waals surface area contributed by atoms with Crippen molar-refractivity contribution in [1.82, 2.24) is 14.5 Å². The lowest BCUT2D eigenvalue weighted by molar-refractivity contribution is 0.176. The molecule has 0 radical (unpaired) electrons. The van der Waals surface area contributed by atoms with Crippen molar-refractivity contribution >= 4 is 17.1 Å². The lowest BCUT2D eigenvalue weighted by Gasteiger charge is -2.20. The maximum absolute atomic E-state index is 6.04. The third kappa shape index (κ3) is 1.75. The number of fused-ring (bicyclic) bond motifs is 1. The van der Waals surface area contributed by atoms with Crippen LogP contribution in [0.5, 0.6) is 0 Å². The lowest BCUT2D eigenvalue weighted by Crippen LogP contribution is -2.19. The standard InChI is InChI=1S/C13H18N4O/c1-8-3-4-11-12(15-8)17(13(14)16-11)9(2)10-5-6-18-7-10/h3-4,9-10H,5-7H2,1-2H3,(H2,14,16). The largest absolute Gasteiger partial charge is 0.381 e. The van der Waals surface area contributed by atoms with E-state index in [1.54, 1.807) is 0 Å². The third-order valence-corrected chi connectivity index (χ3v) is 3.76. The molecular weight excluding hydrogens is 228 g/mol. The van der Waals surface area contributed by atoms with Crippen LogP contribution in [0.2, 0.25) is 0 Å². The van der Waals surface area contributed by atoms with E-state index in [0.717, 1.165) is 36.5 Å². The highest BCUT2D eigenvalue weighted by Gasteiger charge is 2.26. The highest BCUT2D eigenvalue weighted by Crippen LogP contribution is 2.30. The molecule has 0 aromatic carbocycles. The van der Waals surface area contributed by atoms with Crippen molar-refractivity contribution in [1.29, 1.82) is 0 Å². The number of rotatable bonds is 2. The number of nitrogens with two attached hydrogens (primary N) is 1. The van der Waals surface area contributed by atoms with E-state index in [2.05, 4.69) is 16.9 Å². The fraction of sp³-hybridized carbons (Fsp3) is 0.538. The number of anilines is 1. The first kappa shape index (κ1) is 11.5. The SMILES string of the molecule is Cc1ccc2nc(N)n(C(C)C3CCOC3)c2n1. The van der Waals surface area contributed by atoms with E-state index < -0.39 is 0 Å². The Morgan fingerprint density at radius 1 is 1.44 bits per heavy atom. The molecule has 1 saturated heterocycles. The molecule has 0 saturated carbocycles. The zero-order valence-corrected chi connectivity index (χ0v) is 10.8. The summed E-state index contributed by atoms with van der Waals surface area (Å²) in [5.41, 5.74) is 8.77. The smallest absolute Gasteiger partial charge is 0.202 e. The molecule has 2 aromatic rings. The molecule has 0 aliphatic carbocycles. The molecule has 18 heavy (non-hydrogen) atoms. The summed E-state index contributed by atoms with van der Waals surface area (Å²) in [7, 11) is 0. The fourth-order valence-corrected chi connectivity index (χ4v) is 2.63. The molecule has 96 valence electrons. The zero-order valence-electron chi connectivity index (χ0n) is 10.8. The average molecular weight is 246 g/mol. The Kier molecular flexibility index (Phi) is 2.70. The van der Waals surface area contributed by atoms with E-state index in [9.17, 15) is 0 Å². The molecule has 2 N–H and O–H groups in total. The molecule has 3 heterocycles. The molecule has 1 fully saturated rings. The quantitative estimate of drug-likeness (QED) is 0.879. The van der Waals surface area contributed by atoms with Gasteiger partial charge >= 0.3 is 0 Å². The molecule has 2 aromatic heterocycles. The van der Waals surface area contributed by atoms with Gasteiger partial charge in [-0.1, -0.05) is 0 Å². The predicted molar refractivity (Wildman–Crippen MR) is 70.3 cm³/mol. The number of aryl methyl sites for hydroxylation is 1. The number of nitrogens with zero attached hydrogens (tertiary/aromatic N) is 3. The summed E-state index contributed by atoms with van der Waals surface area (Å²) in [6.07, 6.45) is 1.08. The second-order valence-electron chi connectivity index (χ2n) is 5.00. The summed E-state index contributed by atoms with van der Waals surface area (Å²) in [4.78, 5) is 8.95. The van der Waals surface area contributed by atoms with Gasteiger partial charge in [0.2, 0.25) is 5.95 Å². The summed E-state index contributed by atoms with van der Waals surface area (Å²) >= 11 is 0. The van der Waals surface area contributed by atoms with Gasteiger partial charge in [-0.2, -0.15) is 0 Å². The van der Waals surface area contributed by atoms with Crippen LogP contribution in [0.1, 0.15) is 25.1 Å². The average Bonchev–Trinajstić information content (AvgIpc) is 2.94. The van der Waals surface area contributed by atoms with Gasteiger partial charge in [0.15, 0.2) is 5.65 Å². The van der Waals surface area contributed by atoms with Gasteiger partial charge in [-0.05, 0) is 32.4 Å². The summed E-state index contributed by atoms with van der Waals surface area (Å²) in [5, 5.41) is 0. The zero-order chi connectivity index (χ0) is 12.7. The Hall–Kier alpha value is -1.62. The number of pyridine rings is 1. The minimum atomic E-state index is 0.270. The molecule has 0 bridgehead atoms. The fourth-order valence-electron chi connectivity index (χ4n) is 2.63. The molecule has 0 amide bonds. The second kappa shape index (κ2) is 4.24. The van der Waals surface area contributed by atoms with E-state index in [1.165, 1.54) is 0 Å². The number of hydrogen-bond acceptors (Lipinski definition) is 4. The van der Waals surface area contributed by atoms with Crippen LogP contribution in [0, 0.1) is 12.8 Å². The Bertz CT molecular complexity index is 572. The molecule has 5 nitrogen and oxygen atoms in total. The van der Waals surface area contributed by atoms with Crippen molar-refractivity contribution in [2.75, 3.05) is 18.9 Å². The first-order chi connectivity index (χ1) is 8.66. The number of imidazole rings is 1. The number of hydrogen-bond donors (Lipinski definition) is 1. The van der Waals surface area contributed by atoms with E-state index in [0.29, 0.717) is 11.9 Å². The van der Waals surface area contributed by atoms with Gasteiger partial charge in [0.05, 0.1) is 6.61 Å². The van der Waals surface area contributed by atoms with Crippen LogP contribution < -0.4 is 5.73 Å². The molecule has 2 unspecified atom stereocenters. The first-order valence-corrected chi connectivity index (χ1v) is 6.35. The highest BCUT2D eigenvalue weighted by atomic mass is 16.5. The monoisotopic (exact) mass is 246 g/mol. The van der Waals surface area contributed by atoms with E-state index in [1.807, 2.05) is 23.6 Å². The molecule has 2 atom stereocenters. The van der Waals surface area contributed by atoms with Gasteiger partial charge < -0.3 is 10.5 Å². The minimum Gasteiger partial charge on any atom is -0.381 e. The predicted octanol–water partition coefficient (Wildman–Crippen LogP) is 1.92. The maximum atomic E-state index is 6.04. The Morgan fingerprint density at radius 2 is 2.28 bits per heavy atom. The van der Waals surface area contributed by atoms with Crippen LogP contribution in [-0.2, 0) is 4.74 Å². The van der Waals surface area contributed by atoms with Crippen molar-refractivity contribution in [2.24, 2.45) is 5.92 Å². The lowest BCUT2D eigenvalue weighted by atomic mass is 10.0. The van der Waals surface area contributed by atoms with Crippen molar-refractivity contribution in [3.63, 3.8) is 0 Å². The van der Waals surface area contributed by atoms with Crippen LogP contribution in [0.4, 0.5) is 5.95 Å². The van der Waals surface area contributed by atoms with Crippen LogP contribution in [0.3, 0.4) is 0 Å². The molecular formula is C13H18N4O. The first-order valence-electron chi connectivity index (χ1n) is 6.35. The van der Waals surface area contributed by atoms with Crippen molar-refractivity contribution in [3.8, 4) is 0 Å². The molecule has 1 aliphatic heterocycles. The number of nitrogen functional groups attached to an aromatic ring is 1. The summed E-state index contributed by atoms with van der Waals surface area (Å²) in [6, 6.07) is 4.21. The number of ether oxygens (including phenoxy) is 1. The molecule has 5 heteroatoms. The van der Waals surface area contributed by atoms with Crippen LogP contribution in [0.15, 0.2) is 12.1 Å². The number of aromatic nitrogens is 3. The summed E-state index contributed by atoms with van der Waals surface area (Å²) < 4.78 is 7.50. The topological polar surface area (TPSA) is 66.0 Å². The van der Waals surface area contributed by atoms with Crippen LogP contribution in [-0.4, -0.2) is 27.7 Å². The normalized spacial score (nSPS) is 21.6. The van der Waals surface area contributed by atoms with Gasteiger partial charge in [0.25, 0.3) is 0 Å². The van der Waals surface area contributed by atoms with E-state index in [-0.39, 0.29) is 6.04 Å². The van der Waals surface area contributed by atoms with Crippen molar-refractivity contribution in [3.05, 3.63) is 17.8 Å². The highest BCUT2D eigenvalue weighted by molar-refractivity contribution is 5.74. The van der Waals surface area contributed by atoms with Gasteiger partial charge in [-0.15, -0.1) is 0 Å². The Labute approximate surface area is 106 Å². The third-order valence-electron chi connectivity index (χ3n) is 3.76. The van der Waals surface area contributed by atoms with Gasteiger partial charge in [0, 0.05) is 24.3 Å². The van der Waals surface area contributed by atoms with Gasteiger partial charge in [-0.3, -0.25) is 4.57 Å². The summed E-state index contributed by atoms with van der Waals surface area (Å²) in [5.74, 6) is 1.04. The van der Waals surface area contributed by atoms with Crippen molar-refractivity contribution in [2.45, 2.75) is 26.3 Å². The molecule has 1 aliphatic rings. The van der Waals surface area contributed by atoms with Gasteiger partial charge in [0.1, 0.15) is 5.52 Å². The minimum absolute atomic E-state index is 0.270. The van der Waals surface area contributed by atoms with Crippen LogP contribution >= 0.6 is 0 Å². The summed E-state index contributed by atoms with van der Waals surface area (Å²) in [6.45, 7) is 5.79. The Balaban J connectivity index is 2.09. The van der Waals surface area contributed by atoms with E-state index >= 15 is 0 Å². The molecule has 3 rings (SSSR count).